The minimum Gasteiger partial charge on any atom is -0.423 e. The number of pyridine rings is 2. The Labute approximate surface area is 122 Å². The van der Waals surface area contributed by atoms with Crippen molar-refractivity contribution in [3.05, 3.63) is 67.0 Å². The quantitative estimate of drug-likeness (QED) is 0.711. The third-order valence-corrected chi connectivity index (χ3v) is 3.17. The van der Waals surface area contributed by atoms with Crippen molar-refractivity contribution in [2.75, 3.05) is 0 Å². The smallest absolute Gasteiger partial charge is 0.423 e. The number of nitrogens with zero attached hydrogens (tertiary/aromatic N) is 2. The zero-order valence-electron chi connectivity index (χ0n) is 11.2. The molecule has 0 saturated heterocycles. The van der Waals surface area contributed by atoms with Crippen LogP contribution in [0.4, 0.5) is 0 Å². The van der Waals surface area contributed by atoms with Crippen molar-refractivity contribution < 1.29 is 10.0 Å². The molecule has 0 spiro atoms. The molecule has 0 atom stereocenters. The standard InChI is InChI=1S/C16H13BN2O2/c20-17(21)14-9-15(12-5-2-1-3-6-12)19-16(10-14)13-7-4-8-18-11-13/h1-11,20-21H. The van der Waals surface area contributed by atoms with Gasteiger partial charge in [0.1, 0.15) is 0 Å². The molecule has 0 fully saturated rings. The van der Waals surface area contributed by atoms with Crippen molar-refractivity contribution in [3.63, 3.8) is 0 Å². The molecule has 2 heterocycles. The van der Waals surface area contributed by atoms with Crippen molar-refractivity contribution in [2.45, 2.75) is 0 Å². The van der Waals surface area contributed by atoms with Crippen molar-refractivity contribution in [1.29, 1.82) is 0 Å². The van der Waals surface area contributed by atoms with Gasteiger partial charge in [0.25, 0.3) is 0 Å². The second kappa shape index (κ2) is 5.87. The summed E-state index contributed by atoms with van der Waals surface area (Å²) in [6, 6.07) is 16.7. The zero-order chi connectivity index (χ0) is 14.7. The molecule has 0 radical (unpaired) electrons. The van der Waals surface area contributed by atoms with Gasteiger partial charge in [-0.2, -0.15) is 0 Å². The van der Waals surface area contributed by atoms with Crippen molar-refractivity contribution in [2.24, 2.45) is 0 Å². The second-order valence-corrected chi connectivity index (χ2v) is 4.65. The van der Waals surface area contributed by atoms with Crippen LogP contribution in [0.5, 0.6) is 0 Å². The van der Waals surface area contributed by atoms with E-state index in [9.17, 15) is 10.0 Å². The van der Waals surface area contributed by atoms with Gasteiger partial charge in [0.15, 0.2) is 0 Å². The Bertz CT molecular complexity index is 676. The normalized spacial score (nSPS) is 10.4. The third kappa shape index (κ3) is 2.99. The summed E-state index contributed by atoms with van der Waals surface area (Å²) < 4.78 is 0. The summed E-state index contributed by atoms with van der Waals surface area (Å²) in [5.41, 5.74) is 3.51. The van der Waals surface area contributed by atoms with Crippen molar-refractivity contribution in [1.82, 2.24) is 9.97 Å². The lowest BCUT2D eigenvalue weighted by atomic mass is 9.79. The Hall–Kier alpha value is -2.50. The molecule has 4 nitrogen and oxygen atoms in total. The van der Waals surface area contributed by atoms with Crippen molar-refractivity contribution in [3.8, 4) is 22.5 Å². The second-order valence-electron chi connectivity index (χ2n) is 4.65. The molecule has 0 bridgehead atoms. The Morgan fingerprint density at radius 1 is 0.810 bits per heavy atom. The van der Waals surface area contributed by atoms with Gasteiger partial charge in [-0.25, -0.2) is 4.98 Å². The van der Waals surface area contributed by atoms with E-state index in [4.69, 9.17) is 0 Å². The summed E-state index contributed by atoms with van der Waals surface area (Å²) in [6.45, 7) is 0. The third-order valence-electron chi connectivity index (χ3n) is 3.17. The molecular weight excluding hydrogens is 263 g/mol. The molecule has 21 heavy (non-hydrogen) atoms. The first-order valence-electron chi connectivity index (χ1n) is 6.58. The van der Waals surface area contributed by atoms with Gasteiger partial charge >= 0.3 is 7.12 Å². The predicted octanol–water partition coefficient (Wildman–Crippen LogP) is 1.49. The van der Waals surface area contributed by atoms with E-state index < -0.39 is 7.12 Å². The Morgan fingerprint density at radius 3 is 2.10 bits per heavy atom. The molecule has 3 rings (SSSR count). The summed E-state index contributed by atoms with van der Waals surface area (Å²) in [4.78, 5) is 8.67. The summed E-state index contributed by atoms with van der Waals surface area (Å²) >= 11 is 0. The fourth-order valence-corrected chi connectivity index (χ4v) is 2.12. The van der Waals surface area contributed by atoms with E-state index in [0.717, 1.165) is 11.1 Å². The van der Waals surface area contributed by atoms with Gasteiger partial charge < -0.3 is 10.0 Å². The summed E-state index contributed by atoms with van der Waals surface area (Å²) in [5.74, 6) is 0. The topological polar surface area (TPSA) is 66.2 Å². The minimum atomic E-state index is -1.54. The predicted molar refractivity (Wildman–Crippen MR) is 82.7 cm³/mol. The highest BCUT2D eigenvalue weighted by molar-refractivity contribution is 6.58. The Morgan fingerprint density at radius 2 is 1.48 bits per heavy atom. The van der Waals surface area contributed by atoms with Gasteiger partial charge in [0.2, 0.25) is 0 Å². The van der Waals surface area contributed by atoms with Crippen LogP contribution in [0.2, 0.25) is 0 Å². The Balaban J connectivity index is 2.16. The zero-order valence-corrected chi connectivity index (χ0v) is 11.2. The number of benzene rings is 1. The van der Waals surface area contributed by atoms with Crippen LogP contribution in [-0.4, -0.2) is 27.1 Å². The molecule has 0 amide bonds. The average Bonchev–Trinajstić information content (AvgIpc) is 2.56. The minimum absolute atomic E-state index is 0.405. The maximum Gasteiger partial charge on any atom is 0.488 e. The van der Waals surface area contributed by atoms with E-state index in [-0.39, 0.29) is 0 Å². The summed E-state index contributed by atoms with van der Waals surface area (Å²) in [6.07, 6.45) is 3.39. The lowest BCUT2D eigenvalue weighted by Crippen LogP contribution is -2.30. The first kappa shape index (κ1) is 13.5. The van der Waals surface area contributed by atoms with E-state index in [1.165, 1.54) is 0 Å². The molecule has 2 N–H and O–H groups in total. The molecule has 0 aliphatic rings. The number of rotatable bonds is 3. The van der Waals surface area contributed by atoms with Crippen LogP contribution < -0.4 is 5.46 Å². The fourth-order valence-electron chi connectivity index (χ4n) is 2.12. The van der Waals surface area contributed by atoms with Crippen LogP contribution in [0.1, 0.15) is 0 Å². The van der Waals surface area contributed by atoms with Gasteiger partial charge in [-0.3, -0.25) is 4.98 Å². The van der Waals surface area contributed by atoms with Gasteiger partial charge in [0.05, 0.1) is 11.4 Å². The molecule has 0 saturated carbocycles. The largest absolute Gasteiger partial charge is 0.488 e. The molecule has 0 aliphatic carbocycles. The van der Waals surface area contributed by atoms with E-state index in [2.05, 4.69) is 9.97 Å². The highest BCUT2D eigenvalue weighted by Gasteiger charge is 2.15. The number of hydrogen-bond donors (Lipinski definition) is 2. The first-order chi connectivity index (χ1) is 10.2. The lowest BCUT2D eigenvalue weighted by Gasteiger charge is -2.09. The maximum absolute atomic E-state index is 9.48. The molecule has 2 aromatic heterocycles. The van der Waals surface area contributed by atoms with Gasteiger partial charge in [0, 0.05) is 23.5 Å². The fraction of sp³-hybridized carbons (Fsp3) is 0. The van der Waals surface area contributed by atoms with E-state index >= 15 is 0 Å². The molecular formula is C16H13BN2O2. The van der Waals surface area contributed by atoms with Crippen molar-refractivity contribution >= 4 is 12.6 Å². The molecule has 5 heteroatoms. The van der Waals surface area contributed by atoms with E-state index in [1.807, 2.05) is 42.5 Å². The molecule has 0 aliphatic heterocycles. The van der Waals surface area contributed by atoms with Gasteiger partial charge in [-0.15, -0.1) is 0 Å². The van der Waals surface area contributed by atoms with Crippen LogP contribution in [0, 0.1) is 0 Å². The lowest BCUT2D eigenvalue weighted by molar-refractivity contribution is 0.426. The average molecular weight is 276 g/mol. The molecule has 3 aromatic rings. The Kier molecular flexibility index (Phi) is 3.77. The van der Waals surface area contributed by atoms with Crippen LogP contribution in [-0.2, 0) is 0 Å². The summed E-state index contributed by atoms with van der Waals surface area (Å²) in [5, 5.41) is 19.0. The summed E-state index contributed by atoms with van der Waals surface area (Å²) in [7, 11) is -1.54. The monoisotopic (exact) mass is 276 g/mol. The SMILES string of the molecule is OB(O)c1cc(-c2ccccc2)nc(-c2cccnc2)c1. The maximum atomic E-state index is 9.48. The molecule has 102 valence electrons. The number of aromatic nitrogens is 2. The van der Waals surface area contributed by atoms with Crippen LogP contribution in [0.25, 0.3) is 22.5 Å². The molecule has 1 aromatic carbocycles. The molecule has 0 unspecified atom stereocenters. The van der Waals surface area contributed by atoms with Gasteiger partial charge in [-0.05, 0) is 29.7 Å². The highest BCUT2D eigenvalue weighted by atomic mass is 16.4. The number of hydrogen-bond acceptors (Lipinski definition) is 4. The van der Waals surface area contributed by atoms with E-state index in [1.54, 1.807) is 24.5 Å². The van der Waals surface area contributed by atoms with E-state index in [0.29, 0.717) is 16.9 Å². The van der Waals surface area contributed by atoms with Crippen LogP contribution in [0.15, 0.2) is 67.0 Å². The van der Waals surface area contributed by atoms with Gasteiger partial charge in [-0.1, -0.05) is 30.3 Å². The highest BCUT2D eigenvalue weighted by Crippen LogP contribution is 2.21. The first-order valence-corrected chi connectivity index (χ1v) is 6.58. The van der Waals surface area contributed by atoms with Crippen LogP contribution in [0.3, 0.4) is 0 Å². The van der Waals surface area contributed by atoms with Crippen LogP contribution >= 0.6 is 0 Å².